The average Bonchev–Trinajstić information content (AvgIpc) is 2.35. The summed E-state index contributed by atoms with van der Waals surface area (Å²) in [5, 5.41) is 0. The van der Waals surface area contributed by atoms with Crippen LogP contribution in [0.25, 0.3) is 0 Å². The fraction of sp³-hybridized carbons (Fsp3) is 0.462. The Morgan fingerprint density at radius 2 is 2.18 bits per heavy atom. The lowest BCUT2D eigenvalue weighted by molar-refractivity contribution is -0.118. The summed E-state index contributed by atoms with van der Waals surface area (Å²) in [5.41, 5.74) is 0. The number of Topliss-reactive ketones (excluding diaryl/α,β-unsaturated/α-hetero) is 1. The van der Waals surface area contributed by atoms with Crippen molar-refractivity contribution >= 4 is 21.7 Å². The van der Waals surface area contributed by atoms with E-state index >= 15 is 0 Å². The first-order valence-electron chi connectivity index (χ1n) is 5.65. The van der Waals surface area contributed by atoms with Crippen molar-refractivity contribution < 1.29 is 14.3 Å². The van der Waals surface area contributed by atoms with Crippen molar-refractivity contribution in [3.05, 3.63) is 22.7 Å². The zero-order valence-electron chi connectivity index (χ0n) is 10.2. The molecule has 0 saturated carbocycles. The predicted molar refractivity (Wildman–Crippen MR) is 70.7 cm³/mol. The molecule has 0 N–H and O–H groups in total. The van der Waals surface area contributed by atoms with Gasteiger partial charge in [-0.25, -0.2) is 0 Å². The maximum atomic E-state index is 11.1. The molecule has 0 aromatic heterocycles. The molecule has 0 aliphatic rings. The molecule has 0 radical (unpaired) electrons. The standard InChI is InChI=1S/C13H17BrO3/c1-3-10(15)5-4-8-17-13-7-6-11(16-2)9-12(13)14/h6-7,9H,3-5,8H2,1-2H3. The smallest absolute Gasteiger partial charge is 0.133 e. The SMILES string of the molecule is CCC(=O)CCCOc1ccc(OC)cc1Br. The number of rotatable bonds is 7. The molecule has 3 nitrogen and oxygen atoms in total. The van der Waals surface area contributed by atoms with Crippen LogP contribution in [-0.4, -0.2) is 19.5 Å². The van der Waals surface area contributed by atoms with E-state index < -0.39 is 0 Å². The first-order valence-corrected chi connectivity index (χ1v) is 6.44. The maximum Gasteiger partial charge on any atom is 0.133 e. The van der Waals surface area contributed by atoms with Crippen LogP contribution < -0.4 is 9.47 Å². The summed E-state index contributed by atoms with van der Waals surface area (Å²) in [7, 11) is 1.62. The van der Waals surface area contributed by atoms with Gasteiger partial charge in [-0.15, -0.1) is 0 Å². The number of halogens is 1. The Bertz CT molecular complexity index is 377. The fourth-order valence-corrected chi connectivity index (χ4v) is 1.83. The van der Waals surface area contributed by atoms with E-state index in [0.29, 0.717) is 19.4 Å². The highest BCUT2D eigenvalue weighted by molar-refractivity contribution is 9.10. The Hall–Kier alpha value is -1.03. The number of methoxy groups -OCH3 is 1. The Morgan fingerprint density at radius 1 is 1.41 bits per heavy atom. The number of ketones is 1. The number of carbonyl (C=O) groups excluding carboxylic acids is 1. The zero-order valence-corrected chi connectivity index (χ0v) is 11.7. The lowest BCUT2D eigenvalue weighted by Crippen LogP contribution is -2.02. The third-order valence-electron chi connectivity index (χ3n) is 2.39. The number of carbonyl (C=O) groups is 1. The quantitative estimate of drug-likeness (QED) is 0.722. The molecule has 0 spiro atoms. The van der Waals surface area contributed by atoms with E-state index in [2.05, 4.69) is 15.9 Å². The molecule has 1 rings (SSSR count). The average molecular weight is 301 g/mol. The summed E-state index contributed by atoms with van der Waals surface area (Å²) in [6, 6.07) is 5.55. The number of ether oxygens (including phenoxy) is 2. The van der Waals surface area contributed by atoms with Gasteiger partial charge in [-0.1, -0.05) is 6.92 Å². The van der Waals surface area contributed by atoms with Crippen LogP contribution in [0, 0.1) is 0 Å². The van der Waals surface area contributed by atoms with E-state index in [1.165, 1.54) is 0 Å². The molecule has 94 valence electrons. The molecular formula is C13H17BrO3. The van der Waals surface area contributed by atoms with Crippen LogP contribution in [0.15, 0.2) is 22.7 Å². The normalized spacial score (nSPS) is 10.1. The molecule has 0 bridgehead atoms. The molecule has 0 saturated heterocycles. The first-order chi connectivity index (χ1) is 8.17. The first kappa shape index (κ1) is 14.0. The summed E-state index contributed by atoms with van der Waals surface area (Å²) < 4.78 is 11.5. The minimum absolute atomic E-state index is 0.280. The van der Waals surface area contributed by atoms with E-state index in [4.69, 9.17) is 9.47 Å². The third-order valence-corrected chi connectivity index (χ3v) is 3.01. The molecule has 0 atom stereocenters. The molecule has 4 heteroatoms. The Balaban J connectivity index is 2.39. The summed E-state index contributed by atoms with van der Waals surface area (Å²) in [5.74, 6) is 1.84. The molecule has 1 aromatic rings. The van der Waals surface area contributed by atoms with Crippen molar-refractivity contribution in [2.75, 3.05) is 13.7 Å². The number of hydrogen-bond donors (Lipinski definition) is 0. The lowest BCUT2D eigenvalue weighted by Gasteiger charge is -2.09. The van der Waals surface area contributed by atoms with Gasteiger partial charge in [0.1, 0.15) is 17.3 Å². The summed E-state index contributed by atoms with van der Waals surface area (Å²) in [4.78, 5) is 11.1. The predicted octanol–water partition coefficient (Wildman–Crippen LogP) is 3.60. The summed E-state index contributed by atoms with van der Waals surface area (Å²) in [6.07, 6.45) is 1.95. The minimum Gasteiger partial charge on any atom is -0.497 e. The van der Waals surface area contributed by atoms with Gasteiger partial charge in [0.2, 0.25) is 0 Å². The summed E-state index contributed by atoms with van der Waals surface area (Å²) >= 11 is 3.41. The molecule has 17 heavy (non-hydrogen) atoms. The van der Waals surface area contributed by atoms with Crippen LogP contribution in [0.5, 0.6) is 11.5 Å². The van der Waals surface area contributed by atoms with Gasteiger partial charge in [-0.05, 0) is 40.5 Å². The van der Waals surface area contributed by atoms with Gasteiger partial charge in [0.25, 0.3) is 0 Å². The van der Waals surface area contributed by atoms with Gasteiger partial charge >= 0.3 is 0 Å². The van der Waals surface area contributed by atoms with Crippen molar-refractivity contribution in [1.82, 2.24) is 0 Å². The summed E-state index contributed by atoms with van der Waals surface area (Å²) in [6.45, 7) is 2.43. The van der Waals surface area contributed by atoms with Gasteiger partial charge in [-0.3, -0.25) is 4.79 Å². The lowest BCUT2D eigenvalue weighted by atomic mass is 10.2. The van der Waals surface area contributed by atoms with E-state index in [1.807, 2.05) is 25.1 Å². The molecule has 0 aliphatic heterocycles. The topological polar surface area (TPSA) is 35.5 Å². The molecule has 0 amide bonds. The largest absolute Gasteiger partial charge is 0.497 e. The van der Waals surface area contributed by atoms with Crippen molar-refractivity contribution in [2.45, 2.75) is 26.2 Å². The van der Waals surface area contributed by atoms with Gasteiger partial charge in [0, 0.05) is 12.8 Å². The highest BCUT2D eigenvalue weighted by atomic mass is 79.9. The van der Waals surface area contributed by atoms with E-state index in [1.54, 1.807) is 7.11 Å². The Morgan fingerprint density at radius 3 is 2.76 bits per heavy atom. The second kappa shape index (κ2) is 7.33. The molecule has 0 aliphatic carbocycles. The van der Waals surface area contributed by atoms with Crippen LogP contribution in [-0.2, 0) is 4.79 Å². The molecule has 0 heterocycles. The highest BCUT2D eigenvalue weighted by Crippen LogP contribution is 2.29. The second-order valence-electron chi connectivity index (χ2n) is 3.64. The van der Waals surface area contributed by atoms with Crippen molar-refractivity contribution in [3.63, 3.8) is 0 Å². The van der Waals surface area contributed by atoms with Gasteiger partial charge < -0.3 is 9.47 Å². The second-order valence-corrected chi connectivity index (χ2v) is 4.49. The zero-order chi connectivity index (χ0) is 12.7. The Labute approximate surface area is 110 Å². The van der Waals surface area contributed by atoms with E-state index in [-0.39, 0.29) is 5.78 Å². The fourth-order valence-electron chi connectivity index (χ4n) is 1.35. The molecule has 0 fully saturated rings. The minimum atomic E-state index is 0.280. The van der Waals surface area contributed by atoms with E-state index in [9.17, 15) is 4.79 Å². The van der Waals surface area contributed by atoms with Gasteiger partial charge in [0.15, 0.2) is 0 Å². The van der Waals surface area contributed by atoms with Crippen molar-refractivity contribution in [3.8, 4) is 11.5 Å². The van der Waals surface area contributed by atoms with Crippen LogP contribution in [0.1, 0.15) is 26.2 Å². The molecule has 0 unspecified atom stereocenters. The molecule has 1 aromatic carbocycles. The van der Waals surface area contributed by atoms with E-state index in [0.717, 1.165) is 22.4 Å². The van der Waals surface area contributed by atoms with Crippen molar-refractivity contribution in [2.24, 2.45) is 0 Å². The molecular weight excluding hydrogens is 284 g/mol. The van der Waals surface area contributed by atoms with Gasteiger partial charge in [-0.2, -0.15) is 0 Å². The van der Waals surface area contributed by atoms with Crippen LogP contribution in [0.3, 0.4) is 0 Å². The number of hydrogen-bond acceptors (Lipinski definition) is 3. The van der Waals surface area contributed by atoms with Crippen LogP contribution in [0.2, 0.25) is 0 Å². The number of benzene rings is 1. The third kappa shape index (κ3) is 4.77. The van der Waals surface area contributed by atoms with Crippen LogP contribution >= 0.6 is 15.9 Å². The van der Waals surface area contributed by atoms with Crippen LogP contribution in [0.4, 0.5) is 0 Å². The van der Waals surface area contributed by atoms with Gasteiger partial charge in [0.05, 0.1) is 18.2 Å². The highest BCUT2D eigenvalue weighted by Gasteiger charge is 2.03. The Kier molecular flexibility index (Phi) is 6.05. The van der Waals surface area contributed by atoms with Crippen molar-refractivity contribution in [1.29, 1.82) is 0 Å². The monoisotopic (exact) mass is 300 g/mol. The maximum absolute atomic E-state index is 11.1.